The van der Waals surface area contributed by atoms with Crippen molar-refractivity contribution < 1.29 is 9.53 Å². The number of aromatic nitrogens is 2. The minimum Gasteiger partial charge on any atom is -0.497 e. The number of ketones is 1. The maximum atomic E-state index is 12.2. The number of rotatable bonds is 4. The van der Waals surface area contributed by atoms with Gasteiger partial charge in [0.1, 0.15) is 11.4 Å². The standard InChI is InChI=1S/C17H13BrN2O2/c1-22-15-6-2-12(3-7-15)16(21)8-5-14-10-19-17-9-4-13(18)11-20(14)17/h2-11H,1H3. The molecule has 0 fully saturated rings. The molecular formula is C17H13BrN2O2. The summed E-state index contributed by atoms with van der Waals surface area (Å²) in [5, 5.41) is 0. The summed E-state index contributed by atoms with van der Waals surface area (Å²) in [7, 11) is 1.60. The minimum absolute atomic E-state index is 0.0624. The molecule has 2 aromatic heterocycles. The van der Waals surface area contributed by atoms with Gasteiger partial charge in [-0.2, -0.15) is 0 Å². The third-order valence-corrected chi connectivity index (χ3v) is 3.75. The first-order valence-electron chi connectivity index (χ1n) is 6.66. The average Bonchev–Trinajstić information content (AvgIpc) is 2.95. The largest absolute Gasteiger partial charge is 0.497 e. The molecule has 2 heterocycles. The second-order valence-corrected chi connectivity index (χ2v) is 5.60. The van der Waals surface area contributed by atoms with E-state index in [1.54, 1.807) is 49.7 Å². The number of fused-ring (bicyclic) bond motifs is 1. The van der Waals surface area contributed by atoms with Gasteiger partial charge in [0.05, 0.1) is 19.0 Å². The number of carbonyl (C=O) groups excluding carboxylic acids is 1. The highest BCUT2D eigenvalue weighted by atomic mass is 79.9. The summed E-state index contributed by atoms with van der Waals surface area (Å²) >= 11 is 3.43. The molecule has 0 saturated carbocycles. The molecule has 0 atom stereocenters. The summed E-state index contributed by atoms with van der Waals surface area (Å²) in [6.45, 7) is 0. The zero-order valence-corrected chi connectivity index (χ0v) is 13.4. The predicted molar refractivity (Wildman–Crippen MR) is 89.3 cm³/mol. The van der Waals surface area contributed by atoms with Gasteiger partial charge in [0, 0.05) is 16.2 Å². The van der Waals surface area contributed by atoms with Gasteiger partial charge in [-0.1, -0.05) is 0 Å². The molecule has 0 amide bonds. The van der Waals surface area contributed by atoms with E-state index < -0.39 is 0 Å². The van der Waals surface area contributed by atoms with Gasteiger partial charge in [-0.25, -0.2) is 4.98 Å². The highest BCUT2D eigenvalue weighted by Crippen LogP contribution is 2.16. The molecule has 5 heteroatoms. The van der Waals surface area contributed by atoms with Crippen LogP contribution < -0.4 is 4.74 Å². The van der Waals surface area contributed by atoms with E-state index in [-0.39, 0.29) is 5.78 Å². The van der Waals surface area contributed by atoms with Crippen molar-refractivity contribution in [1.29, 1.82) is 0 Å². The highest BCUT2D eigenvalue weighted by molar-refractivity contribution is 9.10. The number of imidazole rings is 1. The number of pyridine rings is 1. The van der Waals surface area contributed by atoms with E-state index in [0.29, 0.717) is 5.56 Å². The van der Waals surface area contributed by atoms with Gasteiger partial charge in [0.2, 0.25) is 0 Å². The fourth-order valence-corrected chi connectivity index (χ4v) is 2.45. The van der Waals surface area contributed by atoms with Crippen molar-refractivity contribution in [2.75, 3.05) is 7.11 Å². The Morgan fingerprint density at radius 2 is 2.00 bits per heavy atom. The molecule has 0 aliphatic carbocycles. The van der Waals surface area contributed by atoms with E-state index in [0.717, 1.165) is 21.6 Å². The Labute approximate surface area is 136 Å². The number of allylic oxidation sites excluding steroid dienone is 1. The molecule has 0 radical (unpaired) electrons. The normalized spacial score (nSPS) is 11.2. The molecule has 0 saturated heterocycles. The Morgan fingerprint density at radius 1 is 1.23 bits per heavy atom. The maximum Gasteiger partial charge on any atom is 0.185 e. The molecular weight excluding hydrogens is 344 g/mol. The Kier molecular flexibility index (Phi) is 4.06. The molecule has 0 spiro atoms. The number of benzene rings is 1. The van der Waals surface area contributed by atoms with E-state index in [4.69, 9.17) is 4.74 Å². The Bertz CT molecular complexity index is 851. The van der Waals surface area contributed by atoms with Gasteiger partial charge in [-0.15, -0.1) is 0 Å². The zero-order chi connectivity index (χ0) is 15.5. The zero-order valence-electron chi connectivity index (χ0n) is 11.9. The van der Waals surface area contributed by atoms with Crippen LogP contribution in [0.2, 0.25) is 0 Å². The first-order valence-corrected chi connectivity index (χ1v) is 7.46. The molecule has 0 aliphatic rings. The molecule has 1 aromatic carbocycles. The van der Waals surface area contributed by atoms with Crippen LogP contribution in [-0.2, 0) is 0 Å². The van der Waals surface area contributed by atoms with Gasteiger partial charge in [0.25, 0.3) is 0 Å². The van der Waals surface area contributed by atoms with Crippen LogP contribution in [0.1, 0.15) is 16.1 Å². The van der Waals surface area contributed by atoms with Crippen LogP contribution in [0.4, 0.5) is 0 Å². The van der Waals surface area contributed by atoms with Gasteiger partial charge in [-0.3, -0.25) is 9.20 Å². The lowest BCUT2D eigenvalue weighted by molar-refractivity contribution is 0.104. The average molecular weight is 357 g/mol. The third kappa shape index (κ3) is 2.94. The Balaban J connectivity index is 1.85. The van der Waals surface area contributed by atoms with Crippen molar-refractivity contribution in [3.8, 4) is 5.75 Å². The monoisotopic (exact) mass is 356 g/mol. The number of hydrogen-bond acceptors (Lipinski definition) is 3. The van der Waals surface area contributed by atoms with Crippen molar-refractivity contribution in [3.05, 3.63) is 70.6 Å². The maximum absolute atomic E-state index is 12.2. The number of nitrogens with zero attached hydrogens (tertiary/aromatic N) is 2. The number of methoxy groups -OCH3 is 1. The van der Waals surface area contributed by atoms with Crippen LogP contribution in [0.25, 0.3) is 11.7 Å². The van der Waals surface area contributed by atoms with Gasteiger partial charge in [-0.05, 0) is 64.5 Å². The summed E-state index contributed by atoms with van der Waals surface area (Å²) < 4.78 is 7.95. The lowest BCUT2D eigenvalue weighted by Gasteiger charge is -2.00. The topological polar surface area (TPSA) is 43.6 Å². The molecule has 22 heavy (non-hydrogen) atoms. The quantitative estimate of drug-likeness (QED) is 0.524. The summed E-state index contributed by atoms with van der Waals surface area (Å²) in [6.07, 6.45) is 6.96. The molecule has 0 aliphatic heterocycles. The Morgan fingerprint density at radius 3 is 2.73 bits per heavy atom. The third-order valence-electron chi connectivity index (χ3n) is 3.28. The Hall–Kier alpha value is -2.40. The fraction of sp³-hybridized carbons (Fsp3) is 0.0588. The SMILES string of the molecule is COc1ccc(C(=O)C=Cc2cnc3ccc(Br)cn23)cc1. The summed E-state index contributed by atoms with van der Waals surface area (Å²) in [6, 6.07) is 10.9. The van der Waals surface area contributed by atoms with Crippen molar-refractivity contribution in [3.63, 3.8) is 0 Å². The van der Waals surface area contributed by atoms with Crippen LogP contribution >= 0.6 is 15.9 Å². The number of carbonyl (C=O) groups is 1. The van der Waals surface area contributed by atoms with Gasteiger partial charge in [0.15, 0.2) is 5.78 Å². The van der Waals surface area contributed by atoms with E-state index in [9.17, 15) is 4.79 Å². The predicted octanol–water partition coefficient (Wildman–Crippen LogP) is 4.00. The number of halogens is 1. The van der Waals surface area contributed by atoms with Gasteiger partial charge < -0.3 is 4.74 Å². The van der Waals surface area contributed by atoms with Crippen LogP contribution in [0, 0.1) is 0 Å². The first-order chi connectivity index (χ1) is 10.7. The summed E-state index contributed by atoms with van der Waals surface area (Å²) in [5.74, 6) is 0.666. The van der Waals surface area contributed by atoms with E-state index in [1.807, 2.05) is 22.7 Å². The van der Waals surface area contributed by atoms with Crippen LogP contribution in [0.3, 0.4) is 0 Å². The van der Waals surface area contributed by atoms with Crippen LogP contribution in [0.15, 0.2) is 59.3 Å². The lowest BCUT2D eigenvalue weighted by Crippen LogP contribution is -1.94. The summed E-state index contributed by atoms with van der Waals surface area (Å²) in [5.41, 5.74) is 2.30. The van der Waals surface area contributed by atoms with Gasteiger partial charge >= 0.3 is 0 Å². The van der Waals surface area contributed by atoms with Crippen molar-refractivity contribution in [1.82, 2.24) is 9.38 Å². The van der Waals surface area contributed by atoms with Crippen molar-refractivity contribution >= 4 is 33.4 Å². The number of hydrogen-bond donors (Lipinski definition) is 0. The fourth-order valence-electron chi connectivity index (χ4n) is 2.11. The second kappa shape index (κ2) is 6.15. The summed E-state index contributed by atoms with van der Waals surface area (Å²) in [4.78, 5) is 16.5. The highest BCUT2D eigenvalue weighted by Gasteiger charge is 2.04. The first kappa shape index (κ1) is 14.5. The van der Waals surface area contributed by atoms with Crippen molar-refractivity contribution in [2.24, 2.45) is 0 Å². The molecule has 0 N–H and O–H groups in total. The number of ether oxygens (including phenoxy) is 1. The van der Waals surface area contributed by atoms with E-state index in [1.165, 1.54) is 0 Å². The molecule has 3 aromatic rings. The lowest BCUT2D eigenvalue weighted by atomic mass is 10.1. The van der Waals surface area contributed by atoms with E-state index in [2.05, 4.69) is 20.9 Å². The van der Waals surface area contributed by atoms with E-state index >= 15 is 0 Å². The minimum atomic E-state index is -0.0624. The van der Waals surface area contributed by atoms with Crippen LogP contribution in [-0.4, -0.2) is 22.3 Å². The molecule has 0 bridgehead atoms. The molecule has 110 valence electrons. The second-order valence-electron chi connectivity index (χ2n) is 4.68. The molecule has 0 unspecified atom stereocenters. The molecule has 3 rings (SSSR count). The van der Waals surface area contributed by atoms with Crippen LogP contribution in [0.5, 0.6) is 5.75 Å². The smallest absolute Gasteiger partial charge is 0.185 e. The molecule has 4 nitrogen and oxygen atoms in total. The van der Waals surface area contributed by atoms with Crippen molar-refractivity contribution in [2.45, 2.75) is 0 Å².